The predicted octanol–water partition coefficient (Wildman–Crippen LogP) is 1.11. The molecule has 0 saturated heterocycles. The number of aromatic nitrogens is 2. The highest BCUT2D eigenvalue weighted by Gasteiger charge is 1.96. The number of hydrogen-bond donors (Lipinski definition) is 1. The number of amides is 1. The van der Waals surface area contributed by atoms with E-state index in [1.165, 1.54) is 5.56 Å². The molecular formula is C10H17N3O. The Morgan fingerprint density at radius 1 is 1.64 bits per heavy atom. The van der Waals surface area contributed by atoms with Gasteiger partial charge in [0.25, 0.3) is 0 Å². The van der Waals surface area contributed by atoms with E-state index >= 15 is 0 Å². The third-order valence-electron chi connectivity index (χ3n) is 1.97. The summed E-state index contributed by atoms with van der Waals surface area (Å²) in [6.45, 7) is 5.46. The molecule has 0 spiro atoms. The van der Waals surface area contributed by atoms with Crippen LogP contribution in [0.5, 0.6) is 0 Å². The molecule has 0 aliphatic carbocycles. The van der Waals surface area contributed by atoms with Crippen molar-refractivity contribution in [1.82, 2.24) is 15.1 Å². The zero-order valence-electron chi connectivity index (χ0n) is 8.79. The van der Waals surface area contributed by atoms with Gasteiger partial charge in [0.1, 0.15) is 0 Å². The second-order valence-electron chi connectivity index (χ2n) is 3.34. The third kappa shape index (κ3) is 3.60. The number of carbonyl (C=O) groups excluding carboxylic acids is 1. The molecular weight excluding hydrogens is 178 g/mol. The van der Waals surface area contributed by atoms with Crippen LogP contribution in [0.1, 0.15) is 25.3 Å². The maximum Gasteiger partial charge on any atom is 0.219 e. The Bertz CT molecular complexity index is 293. The van der Waals surface area contributed by atoms with Gasteiger partial charge in [0.2, 0.25) is 5.91 Å². The van der Waals surface area contributed by atoms with E-state index < -0.39 is 0 Å². The fourth-order valence-electron chi connectivity index (χ4n) is 1.18. The molecule has 0 aliphatic rings. The van der Waals surface area contributed by atoms with Gasteiger partial charge in [-0.1, -0.05) is 6.92 Å². The maximum absolute atomic E-state index is 10.9. The molecule has 0 aromatic carbocycles. The first-order chi connectivity index (χ1) is 6.72. The van der Waals surface area contributed by atoms with Gasteiger partial charge in [-0.05, 0) is 18.9 Å². The molecule has 0 atom stereocenters. The average molecular weight is 195 g/mol. The summed E-state index contributed by atoms with van der Waals surface area (Å²) in [5.74, 6) is 0.113. The number of hydrogen-bond acceptors (Lipinski definition) is 2. The van der Waals surface area contributed by atoms with Gasteiger partial charge in [0.05, 0.1) is 6.20 Å². The lowest BCUT2D eigenvalue weighted by Gasteiger charge is -2.03. The van der Waals surface area contributed by atoms with Crippen molar-refractivity contribution in [3.05, 3.63) is 18.0 Å². The average Bonchev–Trinajstić information content (AvgIpc) is 2.58. The first-order valence-electron chi connectivity index (χ1n) is 4.98. The van der Waals surface area contributed by atoms with Crippen molar-refractivity contribution in [2.45, 2.75) is 33.2 Å². The van der Waals surface area contributed by atoms with Crippen LogP contribution >= 0.6 is 0 Å². The van der Waals surface area contributed by atoms with Gasteiger partial charge in [-0.25, -0.2) is 0 Å². The largest absolute Gasteiger partial charge is 0.356 e. The molecule has 0 unspecified atom stereocenters. The molecule has 1 heterocycles. The highest BCUT2D eigenvalue weighted by atomic mass is 16.1. The summed E-state index contributed by atoms with van der Waals surface area (Å²) in [5.41, 5.74) is 1.17. The molecule has 0 radical (unpaired) electrons. The molecule has 1 aromatic heterocycles. The quantitative estimate of drug-likeness (QED) is 0.715. The molecule has 0 fully saturated rings. The molecule has 4 heteroatoms. The zero-order valence-corrected chi connectivity index (χ0v) is 8.79. The minimum Gasteiger partial charge on any atom is -0.356 e. The number of aryl methyl sites for hydroxylation is 2. The second kappa shape index (κ2) is 5.42. The van der Waals surface area contributed by atoms with Gasteiger partial charge in [0, 0.05) is 25.7 Å². The monoisotopic (exact) mass is 195 g/mol. The molecule has 4 nitrogen and oxygen atoms in total. The van der Waals surface area contributed by atoms with Crippen molar-refractivity contribution in [3.63, 3.8) is 0 Å². The van der Waals surface area contributed by atoms with Crippen molar-refractivity contribution in [1.29, 1.82) is 0 Å². The molecule has 78 valence electrons. The van der Waals surface area contributed by atoms with Crippen LogP contribution in [0.3, 0.4) is 0 Å². The van der Waals surface area contributed by atoms with E-state index in [0.717, 1.165) is 19.5 Å². The van der Waals surface area contributed by atoms with Gasteiger partial charge in [-0.2, -0.15) is 5.10 Å². The Morgan fingerprint density at radius 2 is 2.43 bits per heavy atom. The van der Waals surface area contributed by atoms with Gasteiger partial charge in [0.15, 0.2) is 0 Å². The second-order valence-corrected chi connectivity index (χ2v) is 3.34. The van der Waals surface area contributed by atoms with E-state index in [9.17, 15) is 4.79 Å². The molecule has 0 saturated carbocycles. The summed E-state index contributed by atoms with van der Waals surface area (Å²) in [7, 11) is 0. The third-order valence-corrected chi connectivity index (χ3v) is 1.97. The van der Waals surface area contributed by atoms with Gasteiger partial charge in [-0.3, -0.25) is 9.48 Å². The number of rotatable bonds is 5. The van der Waals surface area contributed by atoms with Crippen LogP contribution < -0.4 is 5.32 Å². The summed E-state index contributed by atoms with van der Waals surface area (Å²) in [6.07, 6.45) is 5.32. The number of nitrogens with zero attached hydrogens (tertiary/aromatic N) is 2. The molecule has 1 aromatic rings. The van der Waals surface area contributed by atoms with Crippen LogP contribution in [0, 0.1) is 6.92 Å². The summed E-state index contributed by atoms with van der Waals surface area (Å²) < 4.78 is 1.90. The van der Waals surface area contributed by atoms with E-state index in [-0.39, 0.29) is 5.91 Å². The Labute approximate surface area is 84.3 Å². The molecule has 0 aliphatic heterocycles. The maximum atomic E-state index is 10.9. The highest BCUT2D eigenvalue weighted by molar-refractivity contribution is 5.75. The van der Waals surface area contributed by atoms with Crippen LogP contribution in [0.2, 0.25) is 0 Å². The van der Waals surface area contributed by atoms with Crippen molar-refractivity contribution in [2.24, 2.45) is 0 Å². The van der Waals surface area contributed by atoms with Crippen LogP contribution in [-0.2, 0) is 11.3 Å². The molecule has 0 bridgehead atoms. The van der Waals surface area contributed by atoms with Crippen LogP contribution in [0.4, 0.5) is 0 Å². The highest BCUT2D eigenvalue weighted by Crippen LogP contribution is 1.95. The lowest BCUT2D eigenvalue weighted by molar-refractivity contribution is -0.120. The van der Waals surface area contributed by atoms with E-state index in [2.05, 4.69) is 10.4 Å². The molecule has 1 N–H and O–H groups in total. The first-order valence-corrected chi connectivity index (χ1v) is 4.98. The standard InChI is InChI=1S/C10H17N3O/c1-3-10(14)11-5-4-6-13-8-9(2)7-12-13/h7-8H,3-6H2,1-2H3,(H,11,14). The minimum absolute atomic E-state index is 0.113. The zero-order chi connectivity index (χ0) is 10.4. The lowest BCUT2D eigenvalue weighted by atomic mass is 10.4. The number of nitrogens with one attached hydrogen (secondary N) is 1. The first kappa shape index (κ1) is 10.8. The fourth-order valence-corrected chi connectivity index (χ4v) is 1.18. The normalized spacial score (nSPS) is 10.1. The molecule has 1 rings (SSSR count). The van der Waals surface area contributed by atoms with Gasteiger partial charge in [-0.15, -0.1) is 0 Å². The fraction of sp³-hybridized carbons (Fsp3) is 0.600. The SMILES string of the molecule is CCC(=O)NCCCn1cc(C)cn1. The van der Waals surface area contributed by atoms with Crippen LogP contribution in [0.25, 0.3) is 0 Å². The van der Waals surface area contributed by atoms with Gasteiger partial charge < -0.3 is 5.32 Å². The molecule has 1 amide bonds. The Balaban J connectivity index is 2.13. The Hall–Kier alpha value is -1.32. The van der Waals surface area contributed by atoms with E-state index in [1.54, 1.807) is 0 Å². The van der Waals surface area contributed by atoms with Crippen molar-refractivity contribution in [3.8, 4) is 0 Å². The number of carbonyl (C=O) groups is 1. The van der Waals surface area contributed by atoms with Crippen LogP contribution in [-0.4, -0.2) is 22.2 Å². The summed E-state index contributed by atoms with van der Waals surface area (Å²) >= 11 is 0. The van der Waals surface area contributed by atoms with E-state index in [4.69, 9.17) is 0 Å². The molecule has 14 heavy (non-hydrogen) atoms. The summed E-state index contributed by atoms with van der Waals surface area (Å²) in [4.78, 5) is 10.9. The Kier molecular flexibility index (Phi) is 4.16. The van der Waals surface area contributed by atoms with Crippen molar-refractivity contribution in [2.75, 3.05) is 6.54 Å². The predicted molar refractivity (Wildman–Crippen MR) is 54.9 cm³/mol. The van der Waals surface area contributed by atoms with Crippen molar-refractivity contribution >= 4 is 5.91 Å². The van der Waals surface area contributed by atoms with E-state index in [0.29, 0.717) is 6.42 Å². The lowest BCUT2D eigenvalue weighted by Crippen LogP contribution is -2.24. The Morgan fingerprint density at radius 3 is 3.00 bits per heavy atom. The van der Waals surface area contributed by atoms with E-state index in [1.807, 2.05) is 30.9 Å². The van der Waals surface area contributed by atoms with Crippen LogP contribution in [0.15, 0.2) is 12.4 Å². The van der Waals surface area contributed by atoms with Crippen molar-refractivity contribution < 1.29 is 4.79 Å². The summed E-state index contributed by atoms with van der Waals surface area (Å²) in [5, 5.41) is 6.99. The smallest absolute Gasteiger partial charge is 0.219 e. The summed E-state index contributed by atoms with van der Waals surface area (Å²) in [6, 6.07) is 0. The topological polar surface area (TPSA) is 46.9 Å². The van der Waals surface area contributed by atoms with Gasteiger partial charge >= 0.3 is 0 Å². The minimum atomic E-state index is 0.113.